The number of β-lactam (4-membered cyclic amide) rings is 1. The molecule has 0 radical (unpaired) electrons. The number of hydrogen-bond acceptors (Lipinski definition) is 7. The second-order valence-corrected chi connectivity index (χ2v) is 8.82. The number of cyclic esters (lactones) is 1. The van der Waals surface area contributed by atoms with Gasteiger partial charge in [-0.3, -0.25) is 14.5 Å². The van der Waals surface area contributed by atoms with Gasteiger partial charge < -0.3 is 20.3 Å². The molecule has 1 aromatic carbocycles. The van der Waals surface area contributed by atoms with Crippen molar-refractivity contribution in [1.82, 2.24) is 10.2 Å². The van der Waals surface area contributed by atoms with Crippen LogP contribution in [0.3, 0.4) is 0 Å². The first-order chi connectivity index (χ1) is 14.7. The van der Waals surface area contributed by atoms with E-state index >= 15 is 0 Å². The van der Waals surface area contributed by atoms with Crippen LogP contribution < -0.4 is 5.32 Å². The number of benzene rings is 1. The normalized spacial score (nSPS) is 29.6. The Morgan fingerprint density at radius 1 is 1.35 bits per heavy atom. The molecule has 5 unspecified atom stereocenters. The number of fused-ring (bicyclic) bond motifs is 2. The van der Waals surface area contributed by atoms with E-state index < -0.39 is 58.4 Å². The number of carbonyl (C=O) groups excluding carboxylic acids is 3. The van der Waals surface area contributed by atoms with Gasteiger partial charge in [-0.2, -0.15) is 0 Å². The van der Waals surface area contributed by atoms with Crippen molar-refractivity contribution >= 4 is 35.5 Å². The summed E-state index contributed by atoms with van der Waals surface area (Å²) in [7, 11) is 0. The fraction of sp³-hybridized carbons (Fsp3) is 0.333. The SMILES string of the molecule is C=CSC1(C2OC(=O)c3ccccc32)C(NC(C)=O)=C(C(=O)O)N2C(=O)C(C(C)O)C21. The van der Waals surface area contributed by atoms with Gasteiger partial charge in [-0.05, 0) is 18.4 Å². The van der Waals surface area contributed by atoms with Crippen molar-refractivity contribution in [3.8, 4) is 0 Å². The number of carbonyl (C=O) groups is 4. The van der Waals surface area contributed by atoms with E-state index in [0.29, 0.717) is 11.1 Å². The molecule has 0 spiro atoms. The summed E-state index contributed by atoms with van der Waals surface area (Å²) < 4.78 is 4.29. The van der Waals surface area contributed by atoms with Crippen LogP contribution in [0.25, 0.3) is 0 Å². The molecule has 1 saturated heterocycles. The third kappa shape index (κ3) is 2.75. The van der Waals surface area contributed by atoms with Gasteiger partial charge in [0.2, 0.25) is 11.8 Å². The average Bonchev–Trinajstić information content (AvgIpc) is 3.14. The molecular weight excluding hydrogens is 424 g/mol. The molecule has 10 heteroatoms. The Kier molecular flexibility index (Phi) is 4.94. The third-order valence-corrected chi connectivity index (χ3v) is 7.04. The molecule has 0 aliphatic carbocycles. The molecule has 0 aromatic heterocycles. The van der Waals surface area contributed by atoms with Crippen LogP contribution in [-0.4, -0.2) is 55.8 Å². The predicted molar refractivity (Wildman–Crippen MR) is 109 cm³/mol. The molecule has 4 rings (SSSR count). The Morgan fingerprint density at radius 2 is 2.03 bits per heavy atom. The van der Waals surface area contributed by atoms with E-state index in [9.17, 15) is 29.4 Å². The van der Waals surface area contributed by atoms with Crippen molar-refractivity contribution < 1.29 is 34.1 Å². The quantitative estimate of drug-likeness (QED) is 0.440. The Labute approximate surface area is 181 Å². The molecule has 2 amide bonds. The van der Waals surface area contributed by atoms with Crippen LogP contribution in [0.2, 0.25) is 0 Å². The predicted octanol–water partition coefficient (Wildman–Crippen LogP) is 1.17. The van der Waals surface area contributed by atoms with Gasteiger partial charge in [0.05, 0.1) is 29.3 Å². The van der Waals surface area contributed by atoms with Gasteiger partial charge >= 0.3 is 11.9 Å². The van der Waals surface area contributed by atoms with Crippen molar-refractivity contribution in [2.24, 2.45) is 5.92 Å². The summed E-state index contributed by atoms with van der Waals surface area (Å²) in [6.07, 6.45) is -2.13. The summed E-state index contributed by atoms with van der Waals surface area (Å²) in [4.78, 5) is 50.8. The minimum atomic E-state index is -1.43. The number of carboxylic acids is 1. The first-order valence-electron chi connectivity index (χ1n) is 9.52. The Hall–Kier alpha value is -3.11. The molecule has 5 atom stereocenters. The second kappa shape index (κ2) is 7.24. The Bertz CT molecular complexity index is 1070. The zero-order valence-electron chi connectivity index (χ0n) is 16.7. The van der Waals surface area contributed by atoms with Gasteiger partial charge in [0, 0.05) is 12.5 Å². The number of aliphatic hydroxyl groups excluding tert-OH is 1. The summed E-state index contributed by atoms with van der Waals surface area (Å²) in [5.41, 5.74) is 0.346. The zero-order chi connectivity index (χ0) is 22.7. The van der Waals surface area contributed by atoms with Gasteiger partial charge in [-0.15, -0.1) is 11.8 Å². The number of rotatable bonds is 6. The lowest BCUT2D eigenvalue weighted by atomic mass is 9.73. The van der Waals surface area contributed by atoms with E-state index in [1.165, 1.54) is 19.3 Å². The Morgan fingerprint density at radius 3 is 2.61 bits per heavy atom. The van der Waals surface area contributed by atoms with Crippen molar-refractivity contribution in [2.75, 3.05) is 0 Å². The highest BCUT2D eigenvalue weighted by Gasteiger charge is 2.72. The average molecular weight is 444 g/mol. The molecular formula is C21H20N2O7S. The molecule has 1 aromatic rings. The largest absolute Gasteiger partial charge is 0.477 e. The number of aliphatic hydroxyl groups is 1. The van der Waals surface area contributed by atoms with E-state index in [1.807, 2.05) is 0 Å². The number of amides is 2. The lowest BCUT2D eigenvalue weighted by Gasteiger charge is -2.52. The number of hydrogen-bond donors (Lipinski definition) is 3. The van der Waals surface area contributed by atoms with E-state index in [4.69, 9.17) is 4.74 Å². The number of carboxylic acid groups (broad SMARTS) is 1. The first-order valence-corrected chi connectivity index (χ1v) is 10.4. The minimum absolute atomic E-state index is 0.0617. The fourth-order valence-electron chi connectivity index (χ4n) is 4.76. The number of nitrogens with one attached hydrogen (secondary N) is 1. The van der Waals surface area contributed by atoms with Crippen molar-refractivity contribution in [1.29, 1.82) is 0 Å². The number of nitrogens with zero attached hydrogens (tertiary/aromatic N) is 1. The van der Waals surface area contributed by atoms with E-state index in [2.05, 4.69) is 11.9 Å². The standard InChI is InChI=1S/C21H20N2O7S/c1-4-31-21(17-11-7-5-6-8-12(11)20(29)30-17)15(22-10(3)25)14(19(27)28)23-16(21)13(9(2)24)18(23)26/h4-9,13,16-17,24H,1H2,2-3H3,(H,22,25)(H,27,28). The molecule has 3 N–H and O–H groups in total. The first kappa shape index (κ1) is 21.1. The number of ether oxygens (including phenoxy) is 1. The summed E-state index contributed by atoms with van der Waals surface area (Å²) in [5, 5.41) is 24.3. The van der Waals surface area contributed by atoms with Gasteiger partial charge in [0.25, 0.3) is 0 Å². The minimum Gasteiger partial charge on any atom is -0.477 e. The van der Waals surface area contributed by atoms with Gasteiger partial charge in [-0.1, -0.05) is 24.8 Å². The molecule has 162 valence electrons. The molecule has 9 nitrogen and oxygen atoms in total. The molecule has 0 saturated carbocycles. The molecule has 1 fully saturated rings. The highest BCUT2D eigenvalue weighted by molar-refractivity contribution is 8.03. The molecule has 0 bridgehead atoms. The summed E-state index contributed by atoms with van der Waals surface area (Å²) in [5.74, 6) is -4.11. The molecule has 3 aliphatic heterocycles. The van der Waals surface area contributed by atoms with Crippen LogP contribution in [-0.2, 0) is 19.1 Å². The Balaban J connectivity index is 2.02. The summed E-state index contributed by atoms with van der Waals surface area (Å²) in [6, 6.07) is 5.78. The van der Waals surface area contributed by atoms with Crippen LogP contribution in [0, 0.1) is 5.92 Å². The lowest BCUT2D eigenvalue weighted by Crippen LogP contribution is -2.69. The fourth-order valence-corrected chi connectivity index (χ4v) is 6.00. The third-order valence-electron chi connectivity index (χ3n) is 5.83. The van der Waals surface area contributed by atoms with Gasteiger partial charge in [-0.25, -0.2) is 9.59 Å². The number of esters is 1. The van der Waals surface area contributed by atoms with E-state index in [1.54, 1.807) is 24.3 Å². The van der Waals surface area contributed by atoms with Crippen LogP contribution >= 0.6 is 11.8 Å². The van der Waals surface area contributed by atoms with E-state index in [-0.39, 0.29) is 5.70 Å². The lowest BCUT2D eigenvalue weighted by molar-refractivity contribution is -0.164. The van der Waals surface area contributed by atoms with Gasteiger partial charge in [0.1, 0.15) is 4.75 Å². The smallest absolute Gasteiger partial charge is 0.354 e. The zero-order valence-corrected chi connectivity index (χ0v) is 17.5. The second-order valence-electron chi connectivity index (χ2n) is 7.58. The maximum Gasteiger partial charge on any atom is 0.354 e. The van der Waals surface area contributed by atoms with Crippen molar-refractivity contribution in [3.05, 3.63) is 58.8 Å². The molecule has 31 heavy (non-hydrogen) atoms. The van der Waals surface area contributed by atoms with Crippen LogP contribution in [0.15, 0.2) is 47.6 Å². The molecule has 3 aliphatic rings. The summed E-state index contributed by atoms with van der Waals surface area (Å²) in [6.45, 7) is 6.40. The van der Waals surface area contributed by atoms with Crippen LogP contribution in [0.1, 0.15) is 35.9 Å². The topological polar surface area (TPSA) is 133 Å². The van der Waals surface area contributed by atoms with Crippen molar-refractivity contribution in [3.63, 3.8) is 0 Å². The van der Waals surface area contributed by atoms with Crippen molar-refractivity contribution in [2.45, 2.75) is 36.8 Å². The monoisotopic (exact) mass is 444 g/mol. The highest BCUT2D eigenvalue weighted by atomic mass is 32.2. The van der Waals surface area contributed by atoms with Crippen LogP contribution in [0.4, 0.5) is 0 Å². The maximum atomic E-state index is 12.9. The summed E-state index contributed by atoms with van der Waals surface area (Å²) >= 11 is 1.05. The van der Waals surface area contributed by atoms with E-state index in [0.717, 1.165) is 16.7 Å². The number of thioether (sulfide) groups is 1. The maximum absolute atomic E-state index is 12.9. The van der Waals surface area contributed by atoms with Crippen LogP contribution in [0.5, 0.6) is 0 Å². The number of aliphatic carboxylic acids is 1. The highest BCUT2D eigenvalue weighted by Crippen LogP contribution is 2.62. The molecule has 3 heterocycles. The van der Waals surface area contributed by atoms with Gasteiger partial charge in [0.15, 0.2) is 11.8 Å².